The third-order valence-corrected chi connectivity index (χ3v) is 1.65. The Balaban J connectivity index is 2.98. The van der Waals surface area contributed by atoms with Crippen LogP contribution in [-0.2, 0) is 0 Å². The summed E-state index contributed by atoms with van der Waals surface area (Å²) in [6.45, 7) is 0. The van der Waals surface area contributed by atoms with E-state index in [9.17, 15) is 10.1 Å². The number of rotatable bonds is 3. The maximum absolute atomic E-state index is 10.4. The van der Waals surface area contributed by atoms with E-state index in [0.717, 1.165) is 0 Å². The van der Waals surface area contributed by atoms with Gasteiger partial charge in [-0.25, -0.2) is 4.99 Å². The first-order valence-corrected chi connectivity index (χ1v) is 4.25. The van der Waals surface area contributed by atoms with Gasteiger partial charge >= 0.3 is 0 Å². The van der Waals surface area contributed by atoms with Crippen LogP contribution in [0.1, 0.15) is 0 Å². The lowest BCUT2D eigenvalue weighted by Gasteiger charge is -2.03. The minimum absolute atomic E-state index is 0.0312. The van der Waals surface area contributed by atoms with Crippen molar-refractivity contribution in [1.82, 2.24) is 4.90 Å². The largest absolute Gasteiger partial charge is 0.397 e. The summed E-state index contributed by atoms with van der Waals surface area (Å²) < 4.78 is 0. The monoisotopic (exact) mass is 208 g/mol. The molecule has 0 bridgehead atoms. The van der Waals surface area contributed by atoms with Crippen molar-refractivity contribution in [3.05, 3.63) is 28.3 Å². The summed E-state index contributed by atoms with van der Waals surface area (Å²) >= 11 is 0. The predicted octanol–water partition coefficient (Wildman–Crippen LogP) is 1.40. The molecule has 0 fully saturated rings. The van der Waals surface area contributed by atoms with Crippen LogP contribution < -0.4 is 5.73 Å². The van der Waals surface area contributed by atoms with Crippen LogP contribution in [-0.4, -0.2) is 30.3 Å². The number of nitrogens with two attached hydrogens (primary N) is 1. The second-order valence-corrected chi connectivity index (χ2v) is 3.21. The zero-order chi connectivity index (χ0) is 11.4. The lowest BCUT2D eigenvalue weighted by atomic mass is 10.2. The smallest absolute Gasteiger partial charge is 0.271 e. The van der Waals surface area contributed by atoms with Gasteiger partial charge in [0.25, 0.3) is 5.69 Å². The van der Waals surface area contributed by atoms with E-state index in [4.69, 9.17) is 5.73 Å². The molecule has 1 aromatic carbocycles. The molecule has 0 radical (unpaired) electrons. The van der Waals surface area contributed by atoms with Gasteiger partial charge in [-0.05, 0) is 6.07 Å². The van der Waals surface area contributed by atoms with Gasteiger partial charge in [0, 0.05) is 26.2 Å². The van der Waals surface area contributed by atoms with Gasteiger partial charge in [0.2, 0.25) is 0 Å². The number of benzene rings is 1. The van der Waals surface area contributed by atoms with Crippen LogP contribution in [0.2, 0.25) is 0 Å². The number of hydrogen-bond acceptors (Lipinski definition) is 4. The minimum atomic E-state index is -0.490. The highest BCUT2D eigenvalue weighted by Gasteiger charge is 2.07. The minimum Gasteiger partial charge on any atom is -0.397 e. The number of nitrogen functional groups attached to an aromatic ring is 1. The molecular formula is C9H12N4O2. The van der Waals surface area contributed by atoms with E-state index < -0.39 is 4.92 Å². The molecule has 6 nitrogen and oxygen atoms in total. The summed E-state index contributed by atoms with van der Waals surface area (Å²) in [4.78, 5) is 15.8. The van der Waals surface area contributed by atoms with Crippen molar-refractivity contribution in [1.29, 1.82) is 0 Å². The molecule has 0 aliphatic heterocycles. The van der Waals surface area contributed by atoms with Crippen LogP contribution in [0.4, 0.5) is 17.1 Å². The van der Waals surface area contributed by atoms with E-state index in [2.05, 4.69) is 4.99 Å². The first-order chi connectivity index (χ1) is 7.00. The SMILES string of the molecule is CN(C)C=Nc1ccc([N+](=O)[O-])cc1N. The molecule has 80 valence electrons. The van der Waals surface area contributed by atoms with Gasteiger partial charge in [-0.3, -0.25) is 10.1 Å². The third-order valence-electron chi connectivity index (χ3n) is 1.65. The van der Waals surface area contributed by atoms with Crippen molar-refractivity contribution in [3.63, 3.8) is 0 Å². The molecule has 0 heterocycles. The van der Waals surface area contributed by atoms with E-state index in [1.807, 2.05) is 14.1 Å². The van der Waals surface area contributed by atoms with Gasteiger partial charge in [-0.15, -0.1) is 0 Å². The van der Waals surface area contributed by atoms with E-state index in [1.165, 1.54) is 18.2 Å². The summed E-state index contributed by atoms with van der Waals surface area (Å²) in [5.41, 5.74) is 6.39. The average Bonchev–Trinajstić information content (AvgIpc) is 2.15. The molecule has 0 aliphatic carbocycles. The average molecular weight is 208 g/mol. The highest BCUT2D eigenvalue weighted by Crippen LogP contribution is 2.26. The van der Waals surface area contributed by atoms with Crippen molar-refractivity contribution < 1.29 is 4.92 Å². The predicted molar refractivity (Wildman–Crippen MR) is 59.3 cm³/mol. The fourth-order valence-corrected chi connectivity index (χ4v) is 0.951. The number of hydrogen-bond donors (Lipinski definition) is 1. The summed E-state index contributed by atoms with van der Waals surface area (Å²) in [5.74, 6) is 0. The molecule has 0 saturated heterocycles. The maximum Gasteiger partial charge on any atom is 0.271 e. The van der Waals surface area contributed by atoms with Crippen molar-refractivity contribution in [2.45, 2.75) is 0 Å². The van der Waals surface area contributed by atoms with Gasteiger partial charge in [0.15, 0.2) is 0 Å². The summed E-state index contributed by atoms with van der Waals surface area (Å²) in [6.07, 6.45) is 1.58. The van der Waals surface area contributed by atoms with Crippen molar-refractivity contribution >= 4 is 23.4 Å². The zero-order valence-corrected chi connectivity index (χ0v) is 8.54. The Morgan fingerprint density at radius 3 is 2.67 bits per heavy atom. The quantitative estimate of drug-likeness (QED) is 0.267. The number of aliphatic imine (C=N–C) groups is 1. The summed E-state index contributed by atoms with van der Waals surface area (Å²) in [6, 6.07) is 4.19. The molecular weight excluding hydrogens is 196 g/mol. The Morgan fingerprint density at radius 2 is 2.20 bits per heavy atom. The van der Waals surface area contributed by atoms with E-state index in [1.54, 1.807) is 11.2 Å². The van der Waals surface area contributed by atoms with Gasteiger partial charge in [0.05, 0.1) is 22.6 Å². The molecule has 15 heavy (non-hydrogen) atoms. The molecule has 0 aromatic heterocycles. The second-order valence-electron chi connectivity index (χ2n) is 3.21. The molecule has 1 rings (SSSR count). The molecule has 2 N–H and O–H groups in total. The molecule has 0 spiro atoms. The summed E-state index contributed by atoms with van der Waals surface area (Å²) in [7, 11) is 3.65. The molecule has 6 heteroatoms. The third kappa shape index (κ3) is 2.94. The molecule has 0 atom stereocenters. The number of nitro groups is 1. The Kier molecular flexibility index (Phi) is 3.22. The van der Waals surface area contributed by atoms with Gasteiger partial charge in [-0.1, -0.05) is 0 Å². The Labute approximate surface area is 87.2 Å². The molecule has 1 aromatic rings. The van der Waals surface area contributed by atoms with E-state index in [0.29, 0.717) is 11.4 Å². The standard InChI is InChI=1S/C9H12N4O2/c1-12(2)6-11-9-4-3-7(13(14)15)5-8(9)10/h3-6H,10H2,1-2H3. The fourth-order valence-electron chi connectivity index (χ4n) is 0.951. The highest BCUT2D eigenvalue weighted by molar-refractivity contribution is 5.71. The lowest BCUT2D eigenvalue weighted by Crippen LogP contribution is -2.07. The molecule has 0 unspecified atom stereocenters. The van der Waals surface area contributed by atoms with Crippen LogP contribution in [0.15, 0.2) is 23.2 Å². The highest BCUT2D eigenvalue weighted by atomic mass is 16.6. The van der Waals surface area contributed by atoms with Crippen LogP contribution in [0.25, 0.3) is 0 Å². The number of anilines is 1. The Bertz CT molecular complexity index is 401. The van der Waals surface area contributed by atoms with Gasteiger partial charge in [-0.2, -0.15) is 0 Å². The van der Waals surface area contributed by atoms with E-state index >= 15 is 0 Å². The van der Waals surface area contributed by atoms with Crippen LogP contribution >= 0.6 is 0 Å². The normalized spacial score (nSPS) is 10.5. The summed E-state index contributed by atoms with van der Waals surface area (Å²) in [5, 5.41) is 10.4. The van der Waals surface area contributed by atoms with Gasteiger partial charge < -0.3 is 10.6 Å². The topological polar surface area (TPSA) is 84.8 Å². The number of nitrogens with zero attached hydrogens (tertiary/aromatic N) is 3. The molecule has 0 saturated carbocycles. The van der Waals surface area contributed by atoms with Crippen LogP contribution in [0, 0.1) is 10.1 Å². The molecule has 0 amide bonds. The number of non-ortho nitro benzene ring substituents is 1. The van der Waals surface area contributed by atoms with Crippen molar-refractivity contribution in [2.75, 3.05) is 19.8 Å². The molecule has 0 aliphatic rings. The maximum atomic E-state index is 10.4. The van der Waals surface area contributed by atoms with Crippen molar-refractivity contribution in [2.24, 2.45) is 4.99 Å². The lowest BCUT2D eigenvalue weighted by molar-refractivity contribution is -0.384. The fraction of sp³-hybridized carbons (Fsp3) is 0.222. The Hall–Kier alpha value is -2.11. The van der Waals surface area contributed by atoms with Crippen LogP contribution in [0.5, 0.6) is 0 Å². The zero-order valence-electron chi connectivity index (χ0n) is 8.54. The second kappa shape index (κ2) is 4.41. The van der Waals surface area contributed by atoms with E-state index in [-0.39, 0.29) is 5.69 Å². The first-order valence-electron chi connectivity index (χ1n) is 4.25. The van der Waals surface area contributed by atoms with Crippen molar-refractivity contribution in [3.8, 4) is 0 Å². The first kappa shape index (κ1) is 11.0. The number of nitro benzene ring substituents is 1. The van der Waals surface area contributed by atoms with Gasteiger partial charge in [0.1, 0.15) is 0 Å². The van der Waals surface area contributed by atoms with Crippen LogP contribution in [0.3, 0.4) is 0 Å². The Morgan fingerprint density at radius 1 is 1.53 bits per heavy atom.